The summed E-state index contributed by atoms with van der Waals surface area (Å²) in [4.78, 5) is 10.9. The number of aryl methyl sites for hydroxylation is 2. The molecular weight excluding hydrogens is 214 g/mol. The Hall–Kier alpha value is -1.77. The van der Waals surface area contributed by atoms with Gasteiger partial charge in [0.05, 0.1) is 6.42 Å². The van der Waals surface area contributed by atoms with E-state index in [1.54, 1.807) is 0 Å². The molecule has 0 aliphatic rings. The zero-order chi connectivity index (χ0) is 12.6. The molecule has 1 heterocycles. The molecule has 0 radical (unpaired) electrons. The second-order valence-corrected chi connectivity index (χ2v) is 4.40. The van der Waals surface area contributed by atoms with Crippen molar-refractivity contribution in [2.75, 3.05) is 0 Å². The molecule has 0 atom stereocenters. The third-order valence-electron chi connectivity index (χ3n) is 3.42. The van der Waals surface area contributed by atoms with Crippen molar-refractivity contribution in [3.8, 4) is 0 Å². The number of fused-ring (bicyclic) bond motifs is 1. The first-order valence-corrected chi connectivity index (χ1v) is 5.83. The molecule has 1 N–H and O–H groups in total. The Labute approximate surface area is 101 Å². The van der Waals surface area contributed by atoms with Gasteiger partial charge in [-0.3, -0.25) is 4.79 Å². The molecule has 0 amide bonds. The fourth-order valence-corrected chi connectivity index (χ4v) is 2.29. The van der Waals surface area contributed by atoms with Crippen LogP contribution in [0.2, 0.25) is 0 Å². The van der Waals surface area contributed by atoms with Crippen LogP contribution in [-0.4, -0.2) is 15.6 Å². The smallest absolute Gasteiger partial charge is 0.307 e. The quantitative estimate of drug-likeness (QED) is 0.882. The first-order chi connectivity index (χ1) is 8.04. The molecule has 1 aromatic carbocycles. The molecule has 1 aromatic heterocycles. The first-order valence-electron chi connectivity index (χ1n) is 5.83. The number of carboxylic acid groups (broad SMARTS) is 1. The van der Waals surface area contributed by atoms with Crippen LogP contribution < -0.4 is 0 Å². The molecule has 3 heteroatoms. The number of aliphatic carboxylic acids is 1. The van der Waals surface area contributed by atoms with E-state index in [1.807, 2.05) is 14.0 Å². The van der Waals surface area contributed by atoms with Gasteiger partial charge in [0.25, 0.3) is 0 Å². The van der Waals surface area contributed by atoms with Crippen LogP contribution >= 0.6 is 0 Å². The zero-order valence-corrected chi connectivity index (χ0v) is 10.4. The number of hydrogen-bond acceptors (Lipinski definition) is 1. The van der Waals surface area contributed by atoms with Crippen LogP contribution in [0, 0.1) is 6.92 Å². The number of carboxylic acids is 1. The highest BCUT2D eigenvalue weighted by atomic mass is 16.4. The number of carbonyl (C=O) groups is 1. The second kappa shape index (κ2) is 4.24. The molecule has 3 nitrogen and oxygen atoms in total. The van der Waals surface area contributed by atoms with Gasteiger partial charge in [0.15, 0.2) is 0 Å². The topological polar surface area (TPSA) is 42.2 Å². The number of aromatic nitrogens is 1. The lowest BCUT2D eigenvalue weighted by Crippen LogP contribution is -2.01. The maximum atomic E-state index is 10.9. The summed E-state index contributed by atoms with van der Waals surface area (Å²) in [6.07, 6.45) is 1.06. The predicted octanol–water partition coefficient (Wildman–Crippen LogP) is 2.68. The van der Waals surface area contributed by atoms with Crippen molar-refractivity contribution >= 4 is 16.9 Å². The predicted molar refractivity (Wildman–Crippen MR) is 68.4 cm³/mol. The summed E-state index contributed by atoms with van der Waals surface area (Å²) in [5.41, 5.74) is 4.33. The van der Waals surface area contributed by atoms with Crippen molar-refractivity contribution in [3.63, 3.8) is 0 Å². The van der Waals surface area contributed by atoms with Crippen LogP contribution in [-0.2, 0) is 24.7 Å². The van der Waals surface area contributed by atoms with E-state index in [0.717, 1.165) is 28.6 Å². The average molecular weight is 231 g/mol. The minimum Gasteiger partial charge on any atom is -0.481 e. The lowest BCUT2D eigenvalue weighted by molar-refractivity contribution is -0.136. The minimum absolute atomic E-state index is 0.0936. The Kier molecular flexibility index (Phi) is 2.92. The van der Waals surface area contributed by atoms with E-state index in [-0.39, 0.29) is 6.42 Å². The van der Waals surface area contributed by atoms with Crippen molar-refractivity contribution in [3.05, 3.63) is 35.0 Å². The normalized spacial score (nSPS) is 11.0. The number of benzene rings is 1. The van der Waals surface area contributed by atoms with Gasteiger partial charge >= 0.3 is 5.97 Å². The van der Waals surface area contributed by atoms with Crippen LogP contribution in [0.3, 0.4) is 0 Å². The van der Waals surface area contributed by atoms with Crippen LogP contribution in [0.1, 0.15) is 23.7 Å². The molecule has 2 aromatic rings. The highest BCUT2D eigenvalue weighted by Crippen LogP contribution is 2.26. The number of hydrogen-bond donors (Lipinski definition) is 1. The molecule has 2 rings (SSSR count). The van der Waals surface area contributed by atoms with Crippen molar-refractivity contribution in [2.45, 2.75) is 26.7 Å². The second-order valence-electron chi connectivity index (χ2n) is 4.40. The van der Waals surface area contributed by atoms with Crippen LogP contribution in [0.25, 0.3) is 10.9 Å². The standard InChI is InChI=1S/C14H17NO2/c1-4-10-5-6-13-12(7-10)11(8-14(16)17)9(2)15(13)3/h5-7H,4,8H2,1-3H3,(H,16,17). The molecule has 0 saturated carbocycles. The van der Waals surface area contributed by atoms with Gasteiger partial charge in [0.2, 0.25) is 0 Å². The molecule has 17 heavy (non-hydrogen) atoms. The zero-order valence-electron chi connectivity index (χ0n) is 10.4. The van der Waals surface area contributed by atoms with Gasteiger partial charge in [-0.15, -0.1) is 0 Å². The molecule has 0 fully saturated rings. The van der Waals surface area contributed by atoms with Crippen molar-refractivity contribution < 1.29 is 9.90 Å². The largest absolute Gasteiger partial charge is 0.481 e. The highest BCUT2D eigenvalue weighted by Gasteiger charge is 2.14. The summed E-state index contributed by atoms with van der Waals surface area (Å²) in [6.45, 7) is 4.08. The Bertz CT molecular complexity index is 581. The first kappa shape index (κ1) is 11.7. The monoisotopic (exact) mass is 231 g/mol. The van der Waals surface area contributed by atoms with E-state index in [1.165, 1.54) is 5.56 Å². The Morgan fingerprint density at radius 2 is 2.12 bits per heavy atom. The summed E-state index contributed by atoms with van der Waals surface area (Å²) < 4.78 is 2.06. The molecular formula is C14H17NO2. The van der Waals surface area contributed by atoms with Gasteiger partial charge in [-0.2, -0.15) is 0 Å². The van der Waals surface area contributed by atoms with Crippen molar-refractivity contribution in [1.29, 1.82) is 0 Å². The third kappa shape index (κ3) is 1.93. The van der Waals surface area contributed by atoms with Gasteiger partial charge in [0.1, 0.15) is 0 Å². The molecule has 0 aliphatic carbocycles. The molecule has 0 spiro atoms. The maximum absolute atomic E-state index is 10.9. The number of nitrogens with zero attached hydrogens (tertiary/aromatic N) is 1. The van der Waals surface area contributed by atoms with Crippen LogP contribution in [0.15, 0.2) is 18.2 Å². The van der Waals surface area contributed by atoms with Crippen LogP contribution in [0.5, 0.6) is 0 Å². The van der Waals surface area contributed by atoms with Gasteiger partial charge in [-0.1, -0.05) is 13.0 Å². The molecule has 90 valence electrons. The summed E-state index contributed by atoms with van der Waals surface area (Å²) in [7, 11) is 1.98. The Morgan fingerprint density at radius 3 is 2.71 bits per heavy atom. The minimum atomic E-state index is -0.775. The number of rotatable bonds is 3. The van der Waals surface area contributed by atoms with E-state index in [9.17, 15) is 4.79 Å². The molecule has 0 saturated heterocycles. The lowest BCUT2D eigenvalue weighted by Gasteiger charge is -1.99. The fraction of sp³-hybridized carbons (Fsp3) is 0.357. The molecule has 0 aliphatic heterocycles. The average Bonchev–Trinajstić information content (AvgIpc) is 2.53. The summed E-state index contributed by atoms with van der Waals surface area (Å²) >= 11 is 0. The summed E-state index contributed by atoms with van der Waals surface area (Å²) in [5.74, 6) is -0.775. The van der Waals surface area contributed by atoms with E-state index in [4.69, 9.17) is 5.11 Å². The van der Waals surface area contributed by atoms with E-state index >= 15 is 0 Å². The Morgan fingerprint density at radius 1 is 1.41 bits per heavy atom. The molecule has 0 bridgehead atoms. The molecule has 0 unspecified atom stereocenters. The lowest BCUT2D eigenvalue weighted by atomic mass is 10.0. The highest BCUT2D eigenvalue weighted by molar-refractivity contribution is 5.89. The Balaban J connectivity index is 2.71. The van der Waals surface area contributed by atoms with Crippen LogP contribution in [0.4, 0.5) is 0 Å². The van der Waals surface area contributed by atoms with Gasteiger partial charge in [-0.05, 0) is 36.6 Å². The van der Waals surface area contributed by atoms with Gasteiger partial charge < -0.3 is 9.67 Å². The van der Waals surface area contributed by atoms with Gasteiger partial charge in [0, 0.05) is 23.6 Å². The summed E-state index contributed by atoms with van der Waals surface area (Å²) in [5, 5.41) is 10.1. The third-order valence-corrected chi connectivity index (χ3v) is 3.42. The SMILES string of the molecule is CCc1ccc2c(c1)c(CC(=O)O)c(C)n2C. The van der Waals surface area contributed by atoms with Crippen molar-refractivity contribution in [2.24, 2.45) is 7.05 Å². The van der Waals surface area contributed by atoms with Gasteiger partial charge in [-0.25, -0.2) is 0 Å². The van der Waals surface area contributed by atoms with Crippen molar-refractivity contribution in [1.82, 2.24) is 4.57 Å². The van der Waals surface area contributed by atoms with E-state index in [0.29, 0.717) is 0 Å². The summed E-state index contributed by atoms with van der Waals surface area (Å²) in [6, 6.07) is 6.29. The van der Waals surface area contributed by atoms with E-state index < -0.39 is 5.97 Å². The van der Waals surface area contributed by atoms with E-state index in [2.05, 4.69) is 29.7 Å². The fourth-order valence-electron chi connectivity index (χ4n) is 2.29. The maximum Gasteiger partial charge on any atom is 0.307 e.